The zero-order valence-corrected chi connectivity index (χ0v) is 15.6. The fraction of sp³-hybridized carbons (Fsp3) is 0.421. The Hall–Kier alpha value is -2.54. The van der Waals surface area contributed by atoms with Crippen molar-refractivity contribution in [1.29, 1.82) is 0 Å². The summed E-state index contributed by atoms with van der Waals surface area (Å²) in [6.07, 6.45) is 4.53. The number of hydrogen-bond acceptors (Lipinski definition) is 3. The Morgan fingerprint density at radius 3 is 2.19 bits per heavy atom. The molecule has 8 heteroatoms. The predicted octanol–water partition coefficient (Wildman–Crippen LogP) is 2.83. The molecule has 0 unspecified atom stereocenters. The Morgan fingerprint density at radius 2 is 1.56 bits per heavy atom. The number of allylic oxidation sites excluding steroid dienone is 2. The highest BCUT2D eigenvalue weighted by Gasteiger charge is 2.48. The lowest BCUT2D eigenvalue weighted by Crippen LogP contribution is -2.48. The lowest BCUT2D eigenvalue weighted by atomic mass is 9.83. The van der Waals surface area contributed by atoms with Gasteiger partial charge in [-0.1, -0.05) is 23.8 Å². The maximum atomic E-state index is 12.9. The number of carbonyl (C=O) groups excluding carboxylic acids is 2. The van der Waals surface area contributed by atoms with Gasteiger partial charge in [0.2, 0.25) is 5.91 Å². The average Bonchev–Trinajstić information content (AvgIpc) is 3.02. The van der Waals surface area contributed by atoms with E-state index in [1.807, 2.05) is 0 Å². The molecule has 1 aromatic carbocycles. The number of halogens is 1. The summed E-state index contributed by atoms with van der Waals surface area (Å²) < 4.78 is 0. The highest BCUT2D eigenvalue weighted by atomic mass is 35.5. The molecule has 1 fully saturated rings. The number of nitrogens with zero attached hydrogens (tertiary/aromatic N) is 2. The van der Waals surface area contributed by atoms with Crippen LogP contribution in [0.1, 0.15) is 19.3 Å². The third-order valence-corrected chi connectivity index (χ3v) is 5.34. The van der Waals surface area contributed by atoms with Crippen LogP contribution in [0.5, 0.6) is 0 Å². The number of hydrogen-bond donors (Lipinski definition) is 2. The summed E-state index contributed by atoms with van der Waals surface area (Å²) in [7, 11) is 0. The van der Waals surface area contributed by atoms with Crippen LogP contribution in [-0.2, 0) is 9.59 Å². The first-order valence-electron chi connectivity index (χ1n) is 8.92. The van der Waals surface area contributed by atoms with Crippen molar-refractivity contribution in [3.05, 3.63) is 41.4 Å². The Balaban J connectivity index is 1.61. The monoisotopic (exact) mass is 391 g/mol. The molecule has 0 spiro atoms. The molecule has 144 valence electrons. The van der Waals surface area contributed by atoms with Crippen molar-refractivity contribution < 1.29 is 19.5 Å². The summed E-state index contributed by atoms with van der Waals surface area (Å²) in [5.74, 6) is -1.45. The van der Waals surface area contributed by atoms with E-state index in [2.05, 4.69) is 5.32 Å². The van der Waals surface area contributed by atoms with E-state index in [0.717, 1.165) is 0 Å². The fourth-order valence-electron chi connectivity index (χ4n) is 3.46. The van der Waals surface area contributed by atoms with E-state index in [4.69, 9.17) is 11.6 Å². The van der Waals surface area contributed by atoms with Crippen molar-refractivity contribution in [1.82, 2.24) is 9.80 Å². The van der Waals surface area contributed by atoms with E-state index in [1.165, 1.54) is 0 Å². The number of benzene rings is 1. The van der Waals surface area contributed by atoms with Crippen LogP contribution in [0.25, 0.3) is 0 Å². The van der Waals surface area contributed by atoms with Gasteiger partial charge in [-0.2, -0.15) is 0 Å². The van der Waals surface area contributed by atoms with Gasteiger partial charge in [0.05, 0.1) is 0 Å². The molecule has 1 heterocycles. The average molecular weight is 392 g/mol. The van der Waals surface area contributed by atoms with Crippen molar-refractivity contribution in [2.45, 2.75) is 19.3 Å². The number of nitrogens with one attached hydrogen (secondary N) is 1. The maximum Gasteiger partial charge on any atom is 0.321 e. The van der Waals surface area contributed by atoms with E-state index in [9.17, 15) is 19.5 Å². The molecule has 1 aliphatic heterocycles. The molecule has 0 radical (unpaired) electrons. The highest BCUT2D eigenvalue weighted by Crippen LogP contribution is 2.36. The van der Waals surface area contributed by atoms with Crippen molar-refractivity contribution >= 4 is 35.2 Å². The van der Waals surface area contributed by atoms with Crippen LogP contribution in [0.15, 0.2) is 36.4 Å². The molecule has 7 nitrogen and oxygen atoms in total. The summed E-state index contributed by atoms with van der Waals surface area (Å²) >= 11 is 5.84. The summed E-state index contributed by atoms with van der Waals surface area (Å²) in [5.41, 5.74) is -0.746. The van der Waals surface area contributed by atoms with Crippen LogP contribution in [0.3, 0.4) is 0 Å². The third-order valence-electron chi connectivity index (χ3n) is 5.08. The van der Waals surface area contributed by atoms with Gasteiger partial charge >= 0.3 is 12.0 Å². The van der Waals surface area contributed by atoms with E-state index in [-0.39, 0.29) is 24.8 Å². The standard InChI is InChI=1S/C19H22ClN3O4/c20-14-4-6-15(7-5-14)21-18(27)23-11-3-10-22(12-13-23)16(24)19(17(25)26)8-1-2-9-19/h1-2,4-7H,3,8-13H2,(H,21,27)(H,25,26). The molecule has 1 aliphatic carbocycles. The normalized spacial score (nSPS) is 18.9. The SMILES string of the molecule is O=C(Nc1ccc(Cl)cc1)N1CCCN(C(=O)C2(C(=O)O)CC=CC2)CC1. The Bertz CT molecular complexity index is 755. The second-order valence-electron chi connectivity index (χ2n) is 6.84. The van der Waals surface area contributed by atoms with Gasteiger partial charge < -0.3 is 20.2 Å². The van der Waals surface area contributed by atoms with Crippen LogP contribution in [0.2, 0.25) is 5.02 Å². The zero-order chi connectivity index (χ0) is 19.4. The second-order valence-corrected chi connectivity index (χ2v) is 7.27. The number of urea groups is 1. The van der Waals surface area contributed by atoms with Crippen LogP contribution < -0.4 is 5.32 Å². The van der Waals surface area contributed by atoms with Crippen molar-refractivity contribution in [2.24, 2.45) is 5.41 Å². The van der Waals surface area contributed by atoms with Gasteiger partial charge in [0.1, 0.15) is 0 Å². The number of carboxylic acids is 1. The highest BCUT2D eigenvalue weighted by molar-refractivity contribution is 6.30. The minimum absolute atomic E-state index is 0.221. The Kier molecular flexibility index (Phi) is 5.70. The largest absolute Gasteiger partial charge is 0.480 e. The van der Waals surface area contributed by atoms with Gasteiger partial charge in [-0.3, -0.25) is 9.59 Å². The lowest BCUT2D eigenvalue weighted by molar-refractivity contribution is -0.160. The van der Waals surface area contributed by atoms with E-state index >= 15 is 0 Å². The van der Waals surface area contributed by atoms with Crippen molar-refractivity contribution in [2.75, 3.05) is 31.5 Å². The molecular weight excluding hydrogens is 370 g/mol. The third kappa shape index (κ3) is 4.08. The lowest BCUT2D eigenvalue weighted by Gasteiger charge is -2.30. The molecule has 0 atom stereocenters. The van der Waals surface area contributed by atoms with Gasteiger partial charge in [-0.25, -0.2) is 4.79 Å². The van der Waals surface area contributed by atoms with Gasteiger partial charge in [0.25, 0.3) is 0 Å². The summed E-state index contributed by atoms with van der Waals surface area (Å²) in [6, 6.07) is 6.58. The number of carbonyl (C=O) groups is 3. The first kappa shape index (κ1) is 19.2. The molecule has 0 bridgehead atoms. The minimum atomic E-state index is -1.39. The number of carboxylic acid groups (broad SMARTS) is 1. The Labute approximate surface area is 162 Å². The number of amides is 3. The van der Waals surface area contributed by atoms with Gasteiger partial charge in [0.15, 0.2) is 5.41 Å². The van der Waals surface area contributed by atoms with Crippen molar-refractivity contribution in [3.63, 3.8) is 0 Å². The summed E-state index contributed by atoms with van der Waals surface area (Å²) in [5, 5.41) is 13.0. The first-order valence-corrected chi connectivity index (χ1v) is 9.29. The molecule has 1 saturated heterocycles. The van der Waals surface area contributed by atoms with Crippen LogP contribution in [0.4, 0.5) is 10.5 Å². The summed E-state index contributed by atoms with van der Waals surface area (Å²) in [4.78, 5) is 40.3. The van der Waals surface area contributed by atoms with Crippen LogP contribution in [-0.4, -0.2) is 59.0 Å². The molecule has 2 aliphatic rings. The molecule has 3 rings (SSSR count). The molecule has 0 saturated carbocycles. The minimum Gasteiger partial charge on any atom is -0.480 e. The van der Waals surface area contributed by atoms with Crippen LogP contribution >= 0.6 is 11.6 Å². The molecule has 3 amide bonds. The molecule has 27 heavy (non-hydrogen) atoms. The Morgan fingerprint density at radius 1 is 0.963 bits per heavy atom. The smallest absolute Gasteiger partial charge is 0.321 e. The van der Waals surface area contributed by atoms with Gasteiger partial charge in [-0.15, -0.1) is 0 Å². The number of aliphatic carboxylic acids is 1. The predicted molar refractivity (Wildman–Crippen MR) is 102 cm³/mol. The quantitative estimate of drug-likeness (QED) is 0.612. The summed E-state index contributed by atoms with van der Waals surface area (Å²) in [6.45, 7) is 1.62. The second kappa shape index (κ2) is 8.00. The van der Waals surface area contributed by atoms with E-state index < -0.39 is 11.4 Å². The van der Waals surface area contributed by atoms with Crippen molar-refractivity contribution in [3.8, 4) is 0 Å². The molecule has 2 N–H and O–H groups in total. The number of rotatable bonds is 3. The maximum absolute atomic E-state index is 12.9. The zero-order valence-electron chi connectivity index (χ0n) is 14.9. The van der Waals surface area contributed by atoms with Gasteiger partial charge in [-0.05, 0) is 43.5 Å². The molecule has 1 aromatic rings. The first-order chi connectivity index (χ1) is 12.9. The van der Waals surface area contributed by atoms with E-state index in [1.54, 1.807) is 46.2 Å². The van der Waals surface area contributed by atoms with Crippen LogP contribution in [0, 0.1) is 5.41 Å². The van der Waals surface area contributed by atoms with E-state index in [0.29, 0.717) is 43.3 Å². The fourth-order valence-corrected chi connectivity index (χ4v) is 3.58. The number of anilines is 1. The molecular formula is C19H22ClN3O4. The molecule has 0 aromatic heterocycles. The van der Waals surface area contributed by atoms with Gasteiger partial charge in [0, 0.05) is 36.9 Å². The topological polar surface area (TPSA) is 90.0 Å².